The smallest absolute Gasteiger partial charge is 0.323 e. The van der Waals surface area contributed by atoms with Gasteiger partial charge in [-0.3, -0.25) is 14.5 Å². The zero-order chi connectivity index (χ0) is 19.2. The number of benzene rings is 1. The monoisotopic (exact) mass is 389 g/mol. The third kappa shape index (κ3) is 4.94. The zero-order valence-electron chi connectivity index (χ0n) is 14.4. The first-order chi connectivity index (χ1) is 13.0. The molecule has 1 aromatic heterocycles. The molecule has 2 heterocycles. The van der Waals surface area contributed by atoms with Gasteiger partial charge in [-0.2, -0.15) is 0 Å². The maximum atomic E-state index is 12.3. The van der Waals surface area contributed by atoms with Crippen molar-refractivity contribution in [2.75, 3.05) is 29.9 Å². The van der Waals surface area contributed by atoms with Gasteiger partial charge >= 0.3 is 6.03 Å². The number of nitrogens with one attached hydrogen (secondary N) is 2. The molecule has 1 aliphatic heterocycles. The summed E-state index contributed by atoms with van der Waals surface area (Å²) in [4.78, 5) is 40.7. The van der Waals surface area contributed by atoms with E-state index in [1.54, 1.807) is 34.5 Å². The predicted octanol–water partition coefficient (Wildman–Crippen LogP) is 1.11. The van der Waals surface area contributed by atoms with Gasteiger partial charge in [0.2, 0.25) is 11.8 Å². The highest BCUT2D eigenvalue weighted by atomic mass is 32.1. The second kappa shape index (κ2) is 8.49. The number of ether oxygens (including phenoxy) is 1. The highest BCUT2D eigenvalue weighted by molar-refractivity contribution is 7.14. The van der Waals surface area contributed by atoms with Crippen molar-refractivity contribution in [1.82, 2.24) is 10.3 Å². The summed E-state index contributed by atoms with van der Waals surface area (Å²) >= 11 is 1.32. The Hall–Kier alpha value is -3.14. The number of carbonyl (C=O) groups is 3. The average Bonchev–Trinajstić information content (AvgIpc) is 3.24. The molecule has 0 atom stereocenters. The molecule has 3 rings (SSSR count). The Morgan fingerprint density at radius 1 is 1.37 bits per heavy atom. The SMILES string of the molecule is NC(=O)CCOc1ccccc1NC(=O)Cc1csc(N2CCNC2=O)n1. The number of primary amides is 1. The van der Waals surface area contributed by atoms with Crippen LogP contribution in [-0.4, -0.2) is 42.5 Å². The molecule has 9 nitrogen and oxygen atoms in total. The third-order valence-electron chi connectivity index (χ3n) is 3.74. The van der Waals surface area contributed by atoms with Crippen molar-refractivity contribution in [2.45, 2.75) is 12.8 Å². The van der Waals surface area contributed by atoms with Crippen molar-refractivity contribution in [2.24, 2.45) is 5.73 Å². The predicted molar refractivity (Wildman–Crippen MR) is 101 cm³/mol. The van der Waals surface area contributed by atoms with Gasteiger partial charge in [0, 0.05) is 18.5 Å². The number of nitrogens with zero attached hydrogens (tertiary/aromatic N) is 2. The van der Waals surface area contributed by atoms with E-state index < -0.39 is 5.91 Å². The van der Waals surface area contributed by atoms with Gasteiger partial charge in [0.25, 0.3) is 0 Å². The van der Waals surface area contributed by atoms with Crippen LogP contribution in [0.4, 0.5) is 15.6 Å². The van der Waals surface area contributed by atoms with Crippen LogP contribution in [0.5, 0.6) is 5.75 Å². The first-order valence-corrected chi connectivity index (χ1v) is 9.20. The molecule has 1 aromatic carbocycles. The normalized spacial score (nSPS) is 13.3. The summed E-state index contributed by atoms with van der Waals surface area (Å²) in [6.07, 6.45) is 0.162. The van der Waals surface area contributed by atoms with E-state index in [1.165, 1.54) is 11.3 Å². The van der Waals surface area contributed by atoms with Crippen LogP contribution >= 0.6 is 11.3 Å². The summed E-state index contributed by atoms with van der Waals surface area (Å²) in [5.74, 6) is -0.258. The van der Waals surface area contributed by atoms with E-state index >= 15 is 0 Å². The van der Waals surface area contributed by atoms with Crippen molar-refractivity contribution >= 4 is 40.0 Å². The lowest BCUT2D eigenvalue weighted by Crippen LogP contribution is -2.27. The van der Waals surface area contributed by atoms with Gasteiger partial charge < -0.3 is 21.1 Å². The molecular weight excluding hydrogens is 370 g/mol. The van der Waals surface area contributed by atoms with Crippen LogP contribution in [0.25, 0.3) is 0 Å². The fourth-order valence-electron chi connectivity index (χ4n) is 2.47. The minimum absolute atomic E-state index is 0.0710. The molecule has 4 N–H and O–H groups in total. The molecule has 10 heteroatoms. The van der Waals surface area contributed by atoms with Crippen LogP contribution in [-0.2, 0) is 16.0 Å². The number of rotatable bonds is 8. The van der Waals surface area contributed by atoms with Crippen LogP contribution in [0.15, 0.2) is 29.6 Å². The van der Waals surface area contributed by atoms with Crippen LogP contribution in [0.3, 0.4) is 0 Å². The van der Waals surface area contributed by atoms with Crippen molar-refractivity contribution in [1.29, 1.82) is 0 Å². The maximum absolute atomic E-state index is 12.3. The number of aromatic nitrogens is 1. The zero-order valence-corrected chi connectivity index (χ0v) is 15.3. The number of thiazole rings is 1. The number of carbonyl (C=O) groups excluding carboxylic acids is 3. The molecular formula is C17H19N5O4S. The molecule has 0 radical (unpaired) electrons. The van der Waals surface area contributed by atoms with Gasteiger partial charge in [0.05, 0.1) is 30.8 Å². The highest BCUT2D eigenvalue weighted by Crippen LogP contribution is 2.25. The summed E-state index contributed by atoms with van der Waals surface area (Å²) in [5.41, 5.74) is 6.18. The minimum Gasteiger partial charge on any atom is -0.491 e. The third-order valence-corrected chi connectivity index (χ3v) is 4.65. The number of anilines is 2. The molecule has 1 aliphatic rings. The Labute approximate surface area is 159 Å². The standard InChI is InChI=1S/C17H19N5O4S/c18-14(23)5-8-26-13-4-2-1-3-12(13)21-15(24)9-11-10-27-17(20-11)22-7-6-19-16(22)25/h1-4,10H,5-9H2,(H2,18,23)(H,19,25)(H,21,24). The quantitative estimate of drug-likeness (QED) is 0.623. The van der Waals surface area contributed by atoms with Gasteiger partial charge in [0.15, 0.2) is 5.13 Å². The Morgan fingerprint density at radius 2 is 2.19 bits per heavy atom. The number of hydrogen-bond acceptors (Lipinski definition) is 6. The maximum Gasteiger partial charge on any atom is 0.323 e. The number of para-hydroxylation sites is 2. The van der Waals surface area contributed by atoms with Crippen LogP contribution < -0.4 is 26.0 Å². The van der Waals surface area contributed by atoms with Gasteiger partial charge in [0.1, 0.15) is 5.75 Å². The highest BCUT2D eigenvalue weighted by Gasteiger charge is 2.24. The number of nitrogens with two attached hydrogens (primary N) is 1. The fraction of sp³-hybridized carbons (Fsp3) is 0.294. The van der Waals surface area contributed by atoms with Crippen LogP contribution in [0.2, 0.25) is 0 Å². The fourth-order valence-corrected chi connectivity index (χ4v) is 3.32. The molecule has 142 valence electrons. The largest absolute Gasteiger partial charge is 0.491 e. The van der Waals surface area contributed by atoms with Gasteiger partial charge in [-0.25, -0.2) is 9.78 Å². The van der Waals surface area contributed by atoms with E-state index in [2.05, 4.69) is 15.6 Å². The summed E-state index contributed by atoms with van der Waals surface area (Å²) < 4.78 is 5.50. The summed E-state index contributed by atoms with van der Waals surface area (Å²) in [7, 11) is 0. The van der Waals surface area contributed by atoms with Crippen molar-refractivity contribution in [3.8, 4) is 5.75 Å². The first-order valence-electron chi connectivity index (χ1n) is 8.32. The van der Waals surface area contributed by atoms with E-state index in [1.807, 2.05) is 0 Å². The average molecular weight is 389 g/mol. The van der Waals surface area contributed by atoms with E-state index in [9.17, 15) is 14.4 Å². The topological polar surface area (TPSA) is 127 Å². The molecule has 2 aromatic rings. The Bertz CT molecular complexity index is 853. The van der Waals surface area contributed by atoms with Gasteiger partial charge in [-0.05, 0) is 12.1 Å². The molecule has 0 aliphatic carbocycles. The number of urea groups is 1. The Kier molecular flexibility index (Phi) is 5.87. The van der Waals surface area contributed by atoms with E-state index in [0.29, 0.717) is 35.4 Å². The lowest BCUT2D eigenvalue weighted by Gasteiger charge is -2.11. The van der Waals surface area contributed by atoms with Crippen LogP contribution in [0, 0.1) is 0 Å². The van der Waals surface area contributed by atoms with E-state index in [0.717, 1.165) is 0 Å². The lowest BCUT2D eigenvalue weighted by molar-refractivity contribution is -0.118. The summed E-state index contributed by atoms with van der Waals surface area (Å²) in [6, 6.07) is 6.76. The second-order valence-electron chi connectivity index (χ2n) is 5.79. The molecule has 0 bridgehead atoms. The van der Waals surface area contributed by atoms with Crippen molar-refractivity contribution < 1.29 is 19.1 Å². The molecule has 0 unspecified atom stereocenters. The molecule has 27 heavy (non-hydrogen) atoms. The van der Waals surface area contributed by atoms with E-state index in [-0.39, 0.29) is 31.4 Å². The van der Waals surface area contributed by atoms with Gasteiger partial charge in [-0.1, -0.05) is 12.1 Å². The summed E-state index contributed by atoms with van der Waals surface area (Å²) in [6.45, 7) is 1.28. The minimum atomic E-state index is -0.456. The van der Waals surface area contributed by atoms with Crippen LogP contribution in [0.1, 0.15) is 12.1 Å². The number of hydrogen-bond donors (Lipinski definition) is 3. The Morgan fingerprint density at radius 3 is 2.93 bits per heavy atom. The molecule has 0 saturated carbocycles. The Balaban J connectivity index is 1.59. The number of amides is 4. The lowest BCUT2D eigenvalue weighted by atomic mass is 10.2. The molecule has 4 amide bonds. The van der Waals surface area contributed by atoms with Crippen molar-refractivity contribution in [3.05, 3.63) is 35.3 Å². The molecule has 0 spiro atoms. The van der Waals surface area contributed by atoms with E-state index in [4.69, 9.17) is 10.5 Å². The van der Waals surface area contributed by atoms with Gasteiger partial charge in [-0.15, -0.1) is 11.3 Å². The summed E-state index contributed by atoms with van der Waals surface area (Å²) in [5, 5.41) is 7.82. The molecule has 1 fully saturated rings. The second-order valence-corrected chi connectivity index (χ2v) is 6.63. The molecule has 1 saturated heterocycles. The van der Waals surface area contributed by atoms with Crippen molar-refractivity contribution in [3.63, 3.8) is 0 Å². The first kappa shape index (κ1) is 18.6.